The van der Waals surface area contributed by atoms with Gasteiger partial charge in [0, 0.05) is 17.9 Å². The zero-order chi connectivity index (χ0) is 8.60. The molecule has 1 spiro atoms. The van der Waals surface area contributed by atoms with Gasteiger partial charge in [0.25, 0.3) is 0 Å². The normalized spacial score (nSPS) is 38.6. The number of carbonyl (C=O) groups is 1. The minimum absolute atomic E-state index is 0.00278. The lowest BCUT2D eigenvalue weighted by Crippen LogP contribution is -2.26. The van der Waals surface area contributed by atoms with Gasteiger partial charge in [-0.2, -0.15) is 0 Å². The van der Waals surface area contributed by atoms with Gasteiger partial charge in [-0.3, -0.25) is 9.63 Å². The van der Waals surface area contributed by atoms with Gasteiger partial charge in [0.1, 0.15) is 0 Å². The van der Waals surface area contributed by atoms with Gasteiger partial charge in [0.05, 0.1) is 13.7 Å². The molecule has 4 heteroatoms. The number of hydrogen-bond acceptors (Lipinski definition) is 3. The molecule has 0 aromatic carbocycles. The number of hydroxylamine groups is 1. The Balaban J connectivity index is 1.89. The van der Waals surface area contributed by atoms with Gasteiger partial charge in [-0.25, -0.2) is 5.48 Å². The Hall–Kier alpha value is -0.610. The van der Waals surface area contributed by atoms with Gasteiger partial charge >= 0.3 is 0 Å². The fourth-order valence-corrected chi connectivity index (χ4v) is 1.95. The highest BCUT2D eigenvalue weighted by atomic mass is 16.6. The summed E-state index contributed by atoms with van der Waals surface area (Å²) < 4.78 is 5.26. The first-order valence-corrected chi connectivity index (χ1v) is 4.19. The third-order valence-corrected chi connectivity index (χ3v) is 2.84. The summed E-state index contributed by atoms with van der Waals surface area (Å²) in [6.07, 6.45) is 1.98. The molecular formula is C8H13NO3. The Kier molecular flexibility index (Phi) is 1.81. The van der Waals surface area contributed by atoms with Crippen molar-refractivity contribution in [2.45, 2.75) is 12.8 Å². The van der Waals surface area contributed by atoms with Crippen molar-refractivity contribution in [3.8, 4) is 0 Å². The van der Waals surface area contributed by atoms with Crippen LogP contribution in [0.2, 0.25) is 0 Å². The van der Waals surface area contributed by atoms with Crippen LogP contribution in [0.4, 0.5) is 0 Å². The van der Waals surface area contributed by atoms with E-state index in [1.165, 1.54) is 7.11 Å². The predicted molar refractivity (Wildman–Crippen MR) is 41.1 cm³/mol. The van der Waals surface area contributed by atoms with E-state index in [-0.39, 0.29) is 17.2 Å². The Morgan fingerprint density at radius 1 is 1.75 bits per heavy atom. The third kappa shape index (κ3) is 1.11. The van der Waals surface area contributed by atoms with Gasteiger partial charge < -0.3 is 4.74 Å². The summed E-state index contributed by atoms with van der Waals surface area (Å²) in [5.74, 6) is 0.128. The SMILES string of the molecule is CONC(=O)C1CC12CCOC2. The topological polar surface area (TPSA) is 47.6 Å². The first kappa shape index (κ1) is 8.01. The molecule has 1 aliphatic heterocycles. The van der Waals surface area contributed by atoms with Crippen molar-refractivity contribution < 1.29 is 14.4 Å². The van der Waals surface area contributed by atoms with Crippen LogP contribution in [0, 0.1) is 11.3 Å². The molecule has 1 saturated carbocycles. The third-order valence-electron chi connectivity index (χ3n) is 2.84. The molecule has 0 aromatic heterocycles. The Morgan fingerprint density at radius 3 is 3.17 bits per heavy atom. The summed E-state index contributed by atoms with van der Waals surface area (Å²) in [6.45, 7) is 1.55. The van der Waals surface area contributed by atoms with E-state index >= 15 is 0 Å². The molecule has 1 N–H and O–H groups in total. The summed E-state index contributed by atoms with van der Waals surface area (Å²) in [4.78, 5) is 15.8. The zero-order valence-electron chi connectivity index (χ0n) is 7.13. The van der Waals surface area contributed by atoms with E-state index in [4.69, 9.17) is 4.74 Å². The highest BCUT2D eigenvalue weighted by Crippen LogP contribution is 2.57. The molecule has 1 aliphatic carbocycles. The van der Waals surface area contributed by atoms with Crippen molar-refractivity contribution in [2.75, 3.05) is 20.3 Å². The van der Waals surface area contributed by atoms with E-state index in [0.717, 1.165) is 26.1 Å². The van der Waals surface area contributed by atoms with Crippen molar-refractivity contribution in [1.29, 1.82) is 0 Å². The first-order chi connectivity index (χ1) is 5.78. The van der Waals surface area contributed by atoms with Crippen LogP contribution >= 0.6 is 0 Å². The van der Waals surface area contributed by atoms with Crippen LogP contribution in [0.15, 0.2) is 0 Å². The lowest BCUT2D eigenvalue weighted by atomic mass is 10.0. The number of amides is 1. The zero-order valence-corrected chi connectivity index (χ0v) is 7.13. The van der Waals surface area contributed by atoms with Crippen molar-refractivity contribution in [1.82, 2.24) is 5.48 Å². The molecule has 4 nitrogen and oxygen atoms in total. The average molecular weight is 171 g/mol. The fraction of sp³-hybridized carbons (Fsp3) is 0.875. The summed E-state index contributed by atoms with van der Waals surface area (Å²) >= 11 is 0. The maximum atomic E-state index is 11.3. The second-order valence-electron chi connectivity index (χ2n) is 3.59. The molecule has 1 saturated heterocycles. The molecule has 2 aliphatic rings. The lowest BCUT2D eigenvalue weighted by molar-refractivity contribution is -0.133. The van der Waals surface area contributed by atoms with Crippen LogP contribution in [0.3, 0.4) is 0 Å². The molecule has 2 atom stereocenters. The minimum atomic E-state index is 0.00278. The van der Waals surface area contributed by atoms with Gasteiger partial charge in [-0.15, -0.1) is 0 Å². The quantitative estimate of drug-likeness (QED) is 0.599. The summed E-state index contributed by atoms with van der Waals surface area (Å²) in [5, 5.41) is 0. The summed E-state index contributed by atoms with van der Waals surface area (Å²) in [7, 11) is 1.46. The maximum Gasteiger partial charge on any atom is 0.247 e. The molecule has 68 valence electrons. The van der Waals surface area contributed by atoms with Gasteiger partial charge in [0.2, 0.25) is 5.91 Å². The van der Waals surface area contributed by atoms with Crippen LogP contribution in [-0.2, 0) is 14.4 Å². The van der Waals surface area contributed by atoms with E-state index in [0.29, 0.717) is 0 Å². The van der Waals surface area contributed by atoms with Crippen LogP contribution < -0.4 is 5.48 Å². The minimum Gasteiger partial charge on any atom is -0.381 e. The molecule has 12 heavy (non-hydrogen) atoms. The maximum absolute atomic E-state index is 11.3. The molecule has 0 aromatic rings. The predicted octanol–water partition coefficient (Wildman–Crippen LogP) is 0.0906. The number of carbonyl (C=O) groups excluding carboxylic acids is 1. The Labute approximate surface area is 71.2 Å². The van der Waals surface area contributed by atoms with E-state index < -0.39 is 0 Å². The molecule has 2 fully saturated rings. The van der Waals surface area contributed by atoms with E-state index in [1.807, 2.05) is 0 Å². The first-order valence-electron chi connectivity index (χ1n) is 4.19. The highest BCUT2D eigenvalue weighted by molar-refractivity contribution is 5.81. The average Bonchev–Trinajstić information content (AvgIpc) is 2.51. The summed E-state index contributed by atoms with van der Waals surface area (Å²) in [5.41, 5.74) is 2.53. The van der Waals surface area contributed by atoms with Crippen molar-refractivity contribution in [3.05, 3.63) is 0 Å². The van der Waals surface area contributed by atoms with Crippen molar-refractivity contribution >= 4 is 5.91 Å². The molecular weight excluding hydrogens is 158 g/mol. The number of rotatable bonds is 2. The second-order valence-corrected chi connectivity index (χ2v) is 3.59. The van der Waals surface area contributed by atoms with E-state index in [1.54, 1.807) is 0 Å². The number of hydrogen-bond donors (Lipinski definition) is 1. The number of nitrogens with one attached hydrogen (secondary N) is 1. The lowest BCUT2D eigenvalue weighted by Gasteiger charge is -2.05. The van der Waals surface area contributed by atoms with Crippen LogP contribution in [0.5, 0.6) is 0 Å². The van der Waals surface area contributed by atoms with E-state index in [9.17, 15) is 4.79 Å². The second kappa shape index (κ2) is 2.71. The fourth-order valence-electron chi connectivity index (χ4n) is 1.95. The molecule has 0 radical (unpaired) electrons. The molecule has 1 amide bonds. The Bertz CT molecular complexity index is 198. The van der Waals surface area contributed by atoms with Gasteiger partial charge in [0.15, 0.2) is 0 Å². The van der Waals surface area contributed by atoms with Crippen molar-refractivity contribution in [2.24, 2.45) is 11.3 Å². The molecule has 0 bridgehead atoms. The monoisotopic (exact) mass is 171 g/mol. The molecule has 2 rings (SSSR count). The highest BCUT2D eigenvalue weighted by Gasteiger charge is 2.59. The molecule has 1 heterocycles. The van der Waals surface area contributed by atoms with Crippen molar-refractivity contribution in [3.63, 3.8) is 0 Å². The van der Waals surface area contributed by atoms with Crippen LogP contribution in [-0.4, -0.2) is 26.2 Å². The standard InChI is InChI=1S/C8H13NO3/c1-11-9-7(10)6-4-8(6)2-3-12-5-8/h6H,2-5H2,1H3,(H,9,10). The van der Waals surface area contributed by atoms with Gasteiger partial charge in [-0.1, -0.05) is 0 Å². The van der Waals surface area contributed by atoms with Gasteiger partial charge in [-0.05, 0) is 12.8 Å². The summed E-state index contributed by atoms with van der Waals surface area (Å²) in [6, 6.07) is 0. The smallest absolute Gasteiger partial charge is 0.247 e. The molecule has 2 unspecified atom stereocenters. The Morgan fingerprint density at radius 2 is 2.58 bits per heavy atom. The van der Waals surface area contributed by atoms with E-state index in [2.05, 4.69) is 10.3 Å². The van der Waals surface area contributed by atoms with Crippen LogP contribution in [0.1, 0.15) is 12.8 Å². The van der Waals surface area contributed by atoms with Crippen LogP contribution in [0.25, 0.3) is 0 Å². The number of ether oxygens (including phenoxy) is 1. The largest absolute Gasteiger partial charge is 0.381 e.